The van der Waals surface area contributed by atoms with E-state index in [0.717, 1.165) is 6.42 Å². The van der Waals surface area contributed by atoms with Crippen LogP contribution >= 0.6 is 0 Å². The van der Waals surface area contributed by atoms with E-state index in [1.165, 1.54) is 0 Å². The summed E-state index contributed by atoms with van der Waals surface area (Å²) in [5.74, 6) is -1.44. The van der Waals surface area contributed by atoms with Gasteiger partial charge >= 0.3 is 6.18 Å². The van der Waals surface area contributed by atoms with Gasteiger partial charge in [0.2, 0.25) is 0 Å². The predicted molar refractivity (Wildman–Crippen MR) is 70.9 cm³/mol. The molecule has 1 aliphatic carbocycles. The molecule has 0 heterocycles. The summed E-state index contributed by atoms with van der Waals surface area (Å²) in [5, 5.41) is 2.96. The molecule has 0 saturated heterocycles. The van der Waals surface area contributed by atoms with Crippen molar-refractivity contribution in [2.45, 2.75) is 58.2 Å². The second-order valence-electron chi connectivity index (χ2n) is 6.29. The molecule has 1 rings (SSSR count). The molecule has 1 saturated carbocycles. The summed E-state index contributed by atoms with van der Waals surface area (Å²) in [6.07, 6.45) is -1.82. The number of alkyl halides is 3. The Bertz CT molecular complexity index is 318. The van der Waals surface area contributed by atoms with Crippen molar-refractivity contribution in [1.29, 1.82) is 0 Å². The Kier molecular flexibility index (Phi) is 5.10. The molecule has 19 heavy (non-hydrogen) atoms. The summed E-state index contributed by atoms with van der Waals surface area (Å²) >= 11 is 0. The van der Waals surface area contributed by atoms with E-state index < -0.39 is 18.0 Å². The van der Waals surface area contributed by atoms with Gasteiger partial charge in [0.1, 0.15) is 0 Å². The number of nitrogens with two attached hydrogens (primary N) is 1. The minimum absolute atomic E-state index is 0.152. The van der Waals surface area contributed by atoms with E-state index in [1.54, 1.807) is 0 Å². The maximum atomic E-state index is 12.9. The Balaban J connectivity index is 2.61. The number of hydrogen-bond acceptors (Lipinski definition) is 1. The van der Waals surface area contributed by atoms with Crippen LogP contribution in [0.2, 0.25) is 0 Å². The van der Waals surface area contributed by atoms with Crippen molar-refractivity contribution in [2.75, 3.05) is 6.54 Å². The van der Waals surface area contributed by atoms with E-state index >= 15 is 0 Å². The summed E-state index contributed by atoms with van der Waals surface area (Å²) < 4.78 is 38.7. The van der Waals surface area contributed by atoms with Gasteiger partial charge in [-0.3, -0.25) is 4.99 Å². The van der Waals surface area contributed by atoms with E-state index in [4.69, 9.17) is 5.73 Å². The number of halogens is 3. The molecule has 0 amide bonds. The van der Waals surface area contributed by atoms with Crippen LogP contribution in [0.15, 0.2) is 4.99 Å². The molecule has 0 aliphatic heterocycles. The topological polar surface area (TPSA) is 50.4 Å². The van der Waals surface area contributed by atoms with Crippen LogP contribution in [0.1, 0.15) is 46.5 Å². The minimum Gasteiger partial charge on any atom is -0.370 e. The first-order valence-corrected chi connectivity index (χ1v) is 6.74. The van der Waals surface area contributed by atoms with E-state index in [2.05, 4.69) is 10.3 Å². The Hall–Kier alpha value is -0.940. The minimum atomic E-state index is -4.12. The maximum absolute atomic E-state index is 12.9. The molecule has 112 valence electrons. The van der Waals surface area contributed by atoms with E-state index in [1.807, 2.05) is 20.8 Å². The molecule has 3 nitrogen and oxygen atoms in total. The molecule has 6 heteroatoms. The van der Waals surface area contributed by atoms with Crippen molar-refractivity contribution in [3.8, 4) is 0 Å². The van der Waals surface area contributed by atoms with Gasteiger partial charge < -0.3 is 11.1 Å². The molecular weight excluding hydrogens is 255 g/mol. The highest BCUT2D eigenvalue weighted by Crippen LogP contribution is 2.41. The molecule has 0 unspecified atom stereocenters. The first-order chi connectivity index (χ1) is 8.59. The zero-order valence-corrected chi connectivity index (χ0v) is 11.8. The Labute approximate surface area is 112 Å². The van der Waals surface area contributed by atoms with E-state index in [0.29, 0.717) is 12.8 Å². The second-order valence-corrected chi connectivity index (χ2v) is 6.29. The summed E-state index contributed by atoms with van der Waals surface area (Å²) in [5.41, 5.74) is 5.46. The van der Waals surface area contributed by atoms with Crippen molar-refractivity contribution in [3.05, 3.63) is 0 Å². The van der Waals surface area contributed by atoms with Crippen LogP contribution in [0.25, 0.3) is 0 Å². The van der Waals surface area contributed by atoms with Crippen LogP contribution in [-0.2, 0) is 0 Å². The van der Waals surface area contributed by atoms with Gasteiger partial charge in [0.15, 0.2) is 5.96 Å². The zero-order valence-electron chi connectivity index (χ0n) is 11.8. The van der Waals surface area contributed by atoms with Crippen molar-refractivity contribution in [2.24, 2.45) is 22.6 Å². The largest absolute Gasteiger partial charge is 0.392 e. The first-order valence-electron chi connectivity index (χ1n) is 6.74. The quantitative estimate of drug-likeness (QED) is 0.603. The molecule has 2 atom stereocenters. The highest BCUT2D eigenvalue weighted by atomic mass is 19.4. The molecule has 3 N–H and O–H groups in total. The molecule has 0 spiro atoms. The fourth-order valence-electron chi connectivity index (χ4n) is 2.50. The lowest BCUT2D eigenvalue weighted by molar-refractivity contribution is -0.195. The van der Waals surface area contributed by atoms with Crippen LogP contribution in [0.3, 0.4) is 0 Å². The predicted octanol–water partition coefficient (Wildman–Crippen LogP) is 3.06. The molecule has 0 aromatic rings. The number of nitrogens with zero attached hydrogens (tertiary/aromatic N) is 1. The van der Waals surface area contributed by atoms with Crippen LogP contribution in [0, 0.1) is 11.8 Å². The molecule has 1 fully saturated rings. The summed E-state index contributed by atoms with van der Waals surface area (Å²) in [4.78, 5) is 4.08. The van der Waals surface area contributed by atoms with Crippen molar-refractivity contribution in [3.63, 3.8) is 0 Å². The van der Waals surface area contributed by atoms with Crippen LogP contribution in [0.4, 0.5) is 13.2 Å². The number of guanidine groups is 1. The Morgan fingerprint density at radius 1 is 1.21 bits per heavy atom. The fourth-order valence-corrected chi connectivity index (χ4v) is 2.50. The van der Waals surface area contributed by atoms with E-state index in [9.17, 15) is 13.2 Å². The standard InChI is InChI=1S/C13H24F3N3/c1-12(2,3)19-11(17)18-8-9-6-4-5-7-10(9)13(14,15)16/h9-10H,4-8H2,1-3H3,(H3,17,18,19)/t9-,10-/m1/s1. The van der Waals surface area contributed by atoms with Gasteiger partial charge in [-0.2, -0.15) is 13.2 Å². The van der Waals surface area contributed by atoms with Gasteiger partial charge in [0.25, 0.3) is 0 Å². The SMILES string of the molecule is CC(C)(C)NC(N)=NC[C@H]1CCCC[C@H]1C(F)(F)F. The van der Waals surface area contributed by atoms with Gasteiger partial charge in [-0.05, 0) is 39.5 Å². The van der Waals surface area contributed by atoms with Gasteiger partial charge in [-0.15, -0.1) is 0 Å². The number of hydrogen-bond donors (Lipinski definition) is 2. The lowest BCUT2D eigenvalue weighted by Crippen LogP contribution is -2.45. The van der Waals surface area contributed by atoms with Crippen molar-refractivity contribution in [1.82, 2.24) is 5.32 Å². The molecule has 1 aliphatic rings. The average Bonchev–Trinajstić information content (AvgIpc) is 2.23. The molecule has 0 radical (unpaired) electrons. The van der Waals surface area contributed by atoms with Gasteiger partial charge in [-0.1, -0.05) is 12.8 Å². The number of nitrogens with one attached hydrogen (secondary N) is 1. The molecule has 0 bridgehead atoms. The van der Waals surface area contributed by atoms with Crippen molar-refractivity contribution < 1.29 is 13.2 Å². The first kappa shape index (κ1) is 16.1. The lowest BCUT2D eigenvalue weighted by Gasteiger charge is -2.32. The van der Waals surface area contributed by atoms with Crippen LogP contribution in [-0.4, -0.2) is 24.2 Å². The highest BCUT2D eigenvalue weighted by Gasteiger charge is 2.45. The van der Waals surface area contributed by atoms with Crippen LogP contribution < -0.4 is 11.1 Å². The summed E-state index contributed by atoms with van der Waals surface area (Å²) in [6, 6.07) is 0. The Morgan fingerprint density at radius 2 is 1.79 bits per heavy atom. The maximum Gasteiger partial charge on any atom is 0.392 e. The van der Waals surface area contributed by atoms with Gasteiger partial charge in [0, 0.05) is 12.1 Å². The molecule has 0 aromatic heterocycles. The third-order valence-corrected chi connectivity index (χ3v) is 3.33. The average molecular weight is 279 g/mol. The van der Waals surface area contributed by atoms with Crippen LogP contribution in [0.5, 0.6) is 0 Å². The summed E-state index contributed by atoms with van der Waals surface area (Å²) in [6.45, 7) is 5.93. The Morgan fingerprint density at radius 3 is 2.32 bits per heavy atom. The van der Waals surface area contributed by atoms with Gasteiger partial charge in [0.05, 0.1) is 5.92 Å². The number of rotatable bonds is 2. The summed E-state index contributed by atoms with van der Waals surface area (Å²) in [7, 11) is 0. The van der Waals surface area contributed by atoms with Crippen molar-refractivity contribution >= 4 is 5.96 Å². The van der Waals surface area contributed by atoms with E-state index in [-0.39, 0.29) is 24.5 Å². The highest BCUT2D eigenvalue weighted by molar-refractivity contribution is 5.78. The number of aliphatic imine (C=N–C) groups is 1. The zero-order chi connectivity index (χ0) is 14.7. The second kappa shape index (κ2) is 6.01. The smallest absolute Gasteiger partial charge is 0.370 e. The monoisotopic (exact) mass is 279 g/mol. The molecule has 0 aromatic carbocycles. The molecular formula is C13H24F3N3. The normalized spacial score (nSPS) is 26.3. The third kappa shape index (κ3) is 5.70. The fraction of sp³-hybridized carbons (Fsp3) is 0.923. The third-order valence-electron chi connectivity index (χ3n) is 3.33. The lowest BCUT2D eigenvalue weighted by atomic mass is 9.79. The van der Waals surface area contributed by atoms with Gasteiger partial charge in [-0.25, -0.2) is 0 Å².